The number of fused-ring (bicyclic) bond motifs is 9. The minimum atomic E-state index is 0.688. The first-order valence-corrected chi connectivity index (χ1v) is 23.8. The first kappa shape index (κ1) is 39.7. The third-order valence-corrected chi connectivity index (χ3v) is 13.9. The van der Waals surface area contributed by atoms with Crippen LogP contribution in [0, 0.1) is 0 Å². The Hall–Kier alpha value is -9.45. The number of aromatic nitrogens is 5. The Morgan fingerprint density at radius 3 is 1.33 bits per heavy atom. The van der Waals surface area contributed by atoms with E-state index in [1.807, 2.05) is 18.2 Å². The zero-order valence-corrected chi connectivity index (χ0v) is 37.9. The van der Waals surface area contributed by atoms with Crippen molar-refractivity contribution in [1.29, 1.82) is 0 Å². The average molecular weight is 892 g/mol. The lowest BCUT2D eigenvalue weighted by Crippen LogP contribution is -1.97. The van der Waals surface area contributed by atoms with E-state index in [4.69, 9.17) is 15.0 Å². The highest BCUT2D eigenvalue weighted by atomic mass is 15.0. The summed E-state index contributed by atoms with van der Waals surface area (Å²) in [5.41, 5.74) is 16.9. The summed E-state index contributed by atoms with van der Waals surface area (Å²) in [7, 11) is 0. The van der Waals surface area contributed by atoms with Crippen molar-refractivity contribution in [2.45, 2.75) is 0 Å². The summed E-state index contributed by atoms with van der Waals surface area (Å²) in [5, 5.41) is 8.37. The van der Waals surface area contributed by atoms with E-state index in [1.165, 1.54) is 43.5 Å². The van der Waals surface area contributed by atoms with E-state index >= 15 is 0 Å². The molecule has 0 spiro atoms. The predicted molar refractivity (Wildman–Crippen MR) is 291 cm³/mol. The molecule has 0 atom stereocenters. The number of nitrogens with zero attached hydrogens (tertiary/aromatic N) is 5. The van der Waals surface area contributed by atoms with E-state index in [2.05, 4.69) is 240 Å². The van der Waals surface area contributed by atoms with Crippen LogP contribution in [-0.4, -0.2) is 24.1 Å². The van der Waals surface area contributed by atoms with Gasteiger partial charge in [0.15, 0.2) is 5.82 Å². The molecule has 14 rings (SSSR count). The second kappa shape index (κ2) is 16.1. The van der Waals surface area contributed by atoms with Gasteiger partial charge in [-0.2, -0.15) is 0 Å². The van der Waals surface area contributed by atoms with Crippen molar-refractivity contribution in [1.82, 2.24) is 24.1 Å². The topological polar surface area (TPSA) is 48.5 Å². The van der Waals surface area contributed by atoms with Gasteiger partial charge < -0.3 is 9.13 Å². The van der Waals surface area contributed by atoms with Gasteiger partial charge in [0, 0.05) is 65.9 Å². The Balaban J connectivity index is 0.861. The van der Waals surface area contributed by atoms with Crippen molar-refractivity contribution in [2.24, 2.45) is 0 Å². The Bertz CT molecular complexity index is 4250. The quantitative estimate of drug-likeness (QED) is 0.150. The summed E-state index contributed by atoms with van der Waals surface area (Å²) in [6.45, 7) is 0. The van der Waals surface area contributed by atoms with Crippen LogP contribution in [0.4, 0.5) is 0 Å². The molecule has 4 heterocycles. The van der Waals surface area contributed by atoms with E-state index in [0.717, 1.165) is 83.6 Å². The highest BCUT2D eigenvalue weighted by molar-refractivity contribution is 6.20. The summed E-state index contributed by atoms with van der Waals surface area (Å²) in [4.78, 5) is 15.8. The molecule has 10 aromatic carbocycles. The molecule has 4 aromatic heterocycles. The molecule has 0 amide bonds. The first-order chi connectivity index (χ1) is 34.7. The van der Waals surface area contributed by atoms with Crippen molar-refractivity contribution in [3.8, 4) is 67.7 Å². The van der Waals surface area contributed by atoms with Crippen LogP contribution in [0.1, 0.15) is 0 Å². The van der Waals surface area contributed by atoms with Crippen molar-refractivity contribution < 1.29 is 0 Å². The van der Waals surface area contributed by atoms with Gasteiger partial charge in [0.2, 0.25) is 0 Å². The molecule has 70 heavy (non-hydrogen) atoms. The maximum Gasteiger partial charge on any atom is 0.160 e. The molecular weight excluding hydrogens is 851 g/mol. The molecule has 0 N–H and O–H groups in total. The van der Waals surface area contributed by atoms with E-state index in [9.17, 15) is 0 Å². The van der Waals surface area contributed by atoms with Gasteiger partial charge in [0.05, 0.1) is 44.7 Å². The molecule has 0 aliphatic carbocycles. The van der Waals surface area contributed by atoms with Gasteiger partial charge in [-0.1, -0.05) is 182 Å². The van der Waals surface area contributed by atoms with Gasteiger partial charge in [0.25, 0.3) is 0 Å². The average Bonchev–Trinajstić information content (AvgIpc) is 3.95. The van der Waals surface area contributed by atoms with Crippen LogP contribution >= 0.6 is 0 Å². The van der Waals surface area contributed by atoms with Crippen LogP contribution < -0.4 is 0 Å². The Morgan fingerprint density at radius 1 is 0.243 bits per heavy atom. The smallest absolute Gasteiger partial charge is 0.160 e. The highest BCUT2D eigenvalue weighted by Crippen LogP contribution is 2.41. The minimum absolute atomic E-state index is 0.688. The van der Waals surface area contributed by atoms with Crippen molar-refractivity contribution in [3.63, 3.8) is 0 Å². The fourth-order valence-corrected chi connectivity index (χ4v) is 10.6. The molecular formula is C65H41N5. The molecule has 0 saturated heterocycles. The third kappa shape index (κ3) is 6.51. The summed E-state index contributed by atoms with van der Waals surface area (Å²) in [6, 6.07) is 88.5. The van der Waals surface area contributed by atoms with Gasteiger partial charge in [-0.25, -0.2) is 15.0 Å². The third-order valence-electron chi connectivity index (χ3n) is 13.9. The summed E-state index contributed by atoms with van der Waals surface area (Å²) < 4.78 is 4.72. The number of rotatable bonds is 7. The molecule has 0 aliphatic rings. The number of para-hydroxylation sites is 4. The summed E-state index contributed by atoms with van der Waals surface area (Å²) >= 11 is 0. The number of hydrogen-bond donors (Lipinski definition) is 0. The molecule has 5 nitrogen and oxygen atoms in total. The largest absolute Gasteiger partial charge is 0.309 e. The lowest BCUT2D eigenvalue weighted by Gasteiger charge is -2.14. The SMILES string of the molecule is c1ccc(-c2nc(-c3ccc(-c4ccc5c(c4)nc(-c4ccccc4)c4cc6c(cc45)c4ccccc4n6-c4ccccc4)cc3)cc(-c3ccc(-n4c5ccccc5c5ccccc54)cc3)n2)cc1. The normalized spacial score (nSPS) is 11.7. The summed E-state index contributed by atoms with van der Waals surface area (Å²) in [5.74, 6) is 0.688. The van der Waals surface area contributed by atoms with Crippen LogP contribution in [0.2, 0.25) is 0 Å². The second-order valence-electron chi connectivity index (χ2n) is 18.0. The summed E-state index contributed by atoms with van der Waals surface area (Å²) in [6.07, 6.45) is 0. The van der Waals surface area contributed by atoms with Crippen molar-refractivity contribution >= 4 is 65.3 Å². The molecule has 0 fully saturated rings. The lowest BCUT2D eigenvalue weighted by molar-refractivity contribution is 1.17. The number of pyridine rings is 1. The van der Waals surface area contributed by atoms with E-state index in [1.54, 1.807) is 0 Å². The monoisotopic (exact) mass is 891 g/mol. The number of hydrogen-bond acceptors (Lipinski definition) is 3. The predicted octanol–water partition coefficient (Wildman–Crippen LogP) is 16.7. The highest BCUT2D eigenvalue weighted by Gasteiger charge is 2.19. The molecule has 0 aliphatic heterocycles. The minimum Gasteiger partial charge on any atom is -0.309 e. The Labute approximate surface area is 403 Å². The second-order valence-corrected chi connectivity index (χ2v) is 18.0. The Kier molecular flexibility index (Phi) is 9.14. The van der Waals surface area contributed by atoms with E-state index in [0.29, 0.717) is 5.82 Å². The lowest BCUT2D eigenvalue weighted by atomic mass is 9.95. The first-order valence-electron chi connectivity index (χ1n) is 23.8. The van der Waals surface area contributed by atoms with Gasteiger partial charge in [-0.05, 0) is 83.2 Å². The van der Waals surface area contributed by atoms with Crippen molar-refractivity contribution in [2.75, 3.05) is 0 Å². The molecule has 326 valence electrons. The van der Waals surface area contributed by atoms with E-state index < -0.39 is 0 Å². The zero-order valence-electron chi connectivity index (χ0n) is 37.9. The van der Waals surface area contributed by atoms with Crippen LogP contribution in [0.5, 0.6) is 0 Å². The van der Waals surface area contributed by atoms with Crippen molar-refractivity contribution in [3.05, 3.63) is 249 Å². The molecule has 0 saturated carbocycles. The standard InChI is InChI=1S/C65H41N5/c1-4-16-45(17-5-1)64-56-40-63-55(53-24-12-15-27-62(53)70(63)48-20-8-3-9-21-48)39-54(56)50-37-34-47(38-59(50)66-64)42-28-30-43(31-29-42)57-41-58(68-65(67-57)46-18-6-2-7-19-46)44-32-35-49(36-33-44)69-60-25-13-10-22-51(60)52-23-11-14-26-61(52)69/h1-41H. The fourth-order valence-electron chi connectivity index (χ4n) is 10.6. The molecule has 0 unspecified atom stereocenters. The zero-order chi connectivity index (χ0) is 46.1. The van der Waals surface area contributed by atoms with Crippen LogP contribution in [0.25, 0.3) is 133 Å². The molecule has 5 heteroatoms. The number of benzene rings is 10. The van der Waals surface area contributed by atoms with E-state index in [-0.39, 0.29) is 0 Å². The van der Waals surface area contributed by atoms with Gasteiger partial charge in [-0.3, -0.25) is 0 Å². The maximum absolute atomic E-state index is 5.48. The fraction of sp³-hybridized carbons (Fsp3) is 0. The maximum atomic E-state index is 5.48. The van der Waals surface area contributed by atoms with Crippen LogP contribution in [-0.2, 0) is 0 Å². The van der Waals surface area contributed by atoms with Gasteiger partial charge in [-0.15, -0.1) is 0 Å². The van der Waals surface area contributed by atoms with Gasteiger partial charge >= 0.3 is 0 Å². The Morgan fingerprint density at radius 2 is 0.714 bits per heavy atom. The van der Waals surface area contributed by atoms with Gasteiger partial charge in [0.1, 0.15) is 0 Å². The van der Waals surface area contributed by atoms with Crippen LogP contribution in [0.15, 0.2) is 249 Å². The van der Waals surface area contributed by atoms with Crippen LogP contribution in [0.3, 0.4) is 0 Å². The molecule has 0 bridgehead atoms. The molecule has 0 radical (unpaired) electrons. The molecule has 14 aromatic rings.